The van der Waals surface area contributed by atoms with Crippen LogP contribution in [0.15, 0.2) is 36.4 Å². The molecule has 3 aromatic rings. The molecule has 0 unspecified atom stereocenters. The number of benzene rings is 2. The van der Waals surface area contributed by atoms with Gasteiger partial charge in [-0.05, 0) is 50.6 Å². The summed E-state index contributed by atoms with van der Waals surface area (Å²) >= 11 is 6.17. The van der Waals surface area contributed by atoms with Gasteiger partial charge in [-0.15, -0.1) is 5.10 Å². The van der Waals surface area contributed by atoms with Crippen LogP contribution >= 0.6 is 11.6 Å². The summed E-state index contributed by atoms with van der Waals surface area (Å²) in [7, 11) is 1.55. The normalized spacial score (nSPS) is 10.7. The van der Waals surface area contributed by atoms with Gasteiger partial charge < -0.3 is 10.1 Å². The summed E-state index contributed by atoms with van der Waals surface area (Å²) in [5.41, 5.74) is 4.46. The molecule has 0 spiro atoms. The van der Waals surface area contributed by atoms with Crippen LogP contribution in [0.1, 0.15) is 27.3 Å². The minimum absolute atomic E-state index is 0.261. The first-order valence-electron chi connectivity index (χ1n) is 8.05. The molecule has 0 atom stereocenters. The molecule has 7 heteroatoms. The molecule has 1 aromatic heterocycles. The quantitative estimate of drug-likeness (QED) is 0.750. The molecule has 1 heterocycles. The molecule has 0 saturated heterocycles. The molecule has 1 amide bonds. The number of carbonyl (C=O) groups is 1. The number of aromatic nitrogens is 3. The van der Waals surface area contributed by atoms with Gasteiger partial charge in [-0.25, -0.2) is 4.68 Å². The highest BCUT2D eigenvalue weighted by molar-refractivity contribution is 6.32. The molecule has 6 nitrogen and oxygen atoms in total. The van der Waals surface area contributed by atoms with E-state index in [9.17, 15) is 4.79 Å². The molecular formula is C19H19ClN4O2. The molecular weight excluding hydrogens is 352 g/mol. The second-order valence-electron chi connectivity index (χ2n) is 6.03. The summed E-state index contributed by atoms with van der Waals surface area (Å²) in [5.74, 6) is 0.265. The zero-order valence-corrected chi connectivity index (χ0v) is 15.8. The fourth-order valence-corrected chi connectivity index (χ4v) is 2.96. The summed E-state index contributed by atoms with van der Waals surface area (Å²) in [4.78, 5) is 12.6. The van der Waals surface area contributed by atoms with Crippen LogP contribution in [0.4, 0.5) is 5.69 Å². The second kappa shape index (κ2) is 7.17. The zero-order chi connectivity index (χ0) is 18.8. The van der Waals surface area contributed by atoms with Crippen molar-refractivity contribution in [3.05, 3.63) is 63.9 Å². The maximum Gasteiger partial charge on any atom is 0.278 e. The summed E-state index contributed by atoms with van der Waals surface area (Å²) < 4.78 is 6.73. The Hall–Kier alpha value is -2.86. The van der Waals surface area contributed by atoms with Crippen molar-refractivity contribution in [2.45, 2.75) is 20.8 Å². The monoisotopic (exact) mass is 370 g/mol. The van der Waals surface area contributed by atoms with E-state index in [1.54, 1.807) is 36.9 Å². The van der Waals surface area contributed by atoms with Gasteiger partial charge in [0.15, 0.2) is 5.69 Å². The number of aryl methyl sites for hydroxylation is 2. The van der Waals surface area contributed by atoms with E-state index >= 15 is 0 Å². The number of halogens is 1. The van der Waals surface area contributed by atoms with Crippen molar-refractivity contribution in [3.63, 3.8) is 0 Å². The fourth-order valence-electron chi connectivity index (χ4n) is 2.71. The van der Waals surface area contributed by atoms with Crippen LogP contribution in [0.3, 0.4) is 0 Å². The number of anilines is 1. The molecule has 2 aromatic carbocycles. The minimum Gasteiger partial charge on any atom is -0.495 e. The highest BCUT2D eigenvalue weighted by Crippen LogP contribution is 2.27. The predicted octanol–water partition coefficient (Wildman–Crippen LogP) is 4.11. The Morgan fingerprint density at radius 1 is 1.15 bits per heavy atom. The van der Waals surface area contributed by atoms with Crippen molar-refractivity contribution in [1.29, 1.82) is 0 Å². The van der Waals surface area contributed by atoms with Crippen LogP contribution in [0.2, 0.25) is 5.02 Å². The molecule has 134 valence electrons. The molecule has 0 aliphatic rings. The number of rotatable bonds is 4. The van der Waals surface area contributed by atoms with E-state index in [1.807, 2.05) is 32.0 Å². The molecule has 0 aliphatic heterocycles. The summed E-state index contributed by atoms with van der Waals surface area (Å²) in [6.45, 7) is 5.75. The highest BCUT2D eigenvalue weighted by Gasteiger charge is 2.18. The van der Waals surface area contributed by atoms with Gasteiger partial charge >= 0.3 is 0 Å². The Kier molecular flexibility index (Phi) is 4.95. The average molecular weight is 371 g/mol. The summed E-state index contributed by atoms with van der Waals surface area (Å²) in [6, 6.07) is 11.1. The lowest BCUT2D eigenvalue weighted by Crippen LogP contribution is -2.15. The first kappa shape index (κ1) is 17.9. The SMILES string of the molecule is COc1ccc(-n2nnc(C(=O)Nc3ccc(C)cc3C)c2C)cc1Cl. The Morgan fingerprint density at radius 3 is 2.58 bits per heavy atom. The van der Waals surface area contributed by atoms with E-state index < -0.39 is 0 Å². The van der Waals surface area contributed by atoms with Gasteiger partial charge in [0, 0.05) is 5.69 Å². The lowest BCUT2D eigenvalue weighted by Gasteiger charge is -2.09. The van der Waals surface area contributed by atoms with Crippen LogP contribution in [0.5, 0.6) is 5.75 Å². The number of nitrogens with one attached hydrogen (secondary N) is 1. The molecule has 0 radical (unpaired) electrons. The summed E-state index contributed by atoms with van der Waals surface area (Å²) in [5, 5.41) is 11.5. The van der Waals surface area contributed by atoms with Crippen molar-refractivity contribution in [3.8, 4) is 11.4 Å². The number of nitrogens with zero attached hydrogens (tertiary/aromatic N) is 3. The van der Waals surface area contributed by atoms with E-state index in [0.29, 0.717) is 22.2 Å². The lowest BCUT2D eigenvalue weighted by atomic mass is 10.1. The van der Waals surface area contributed by atoms with Crippen LogP contribution in [-0.2, 0) is 0 Å². The third-order valence-corrected chi connectivity index (χ3v) is 4.42. The van der Waals surface area contributed by atoms with Crippen LogP contribution in [0, 0.1) is 20.8 Å². The Balaban J connectivity index is 1.88. The number of ether oxygens (including phenoxy) is 1. The number of carbonyl (C=O) groups excluding carboxylic acids is 1. The standard InChI is InChI=1S/C19H19ClN4O2/c1-11-5-7-16(12(2)9-11)21-19(25)18-13(3)24(23-22-18)14-6-8-17(26-4)15(20)10-14/h5-10H,1-4H3,(H,21,25). The first-order valence-corrected chi connectivity index (χ1v) is 8.43. The molecule has 0 bridgehead atoms. The van der Waals surface area contributed by atoms with E-state index in [1.165, 1.54) is 0 Å². The first-order chi connectivity index (χ1) is 12.4. The van der Waals surface area contributed by atoms with Gasteiger partial charge in [0.05, 0.1) is 23.5 Å². The maximum absolute atomic E-state index is 12.6. The Morgan fingerprint density at radius 2 is 1.92 bits per heavy atom. The molecule has 26 heavy (non-hydrogen) atoms. The third kappa shape index (κ3) is 3.41. The van der Waals surface area contributed by atoms with E-state index in [-0.39, 0.29) is 11.6 Å². The molecule has 0 fully saturated rings. The fraction of sp³-hybridized carbons (Fsp3) is 0.211. The van der Waals surface area contributed by atoms with Gasteiger partial charge in [-0.3, -0.25) is 4.79 Å². The van der Waals surface area contributed by atoms with E-state index in [4.69, 9.17) is 16.3 Å². The minimum atomic E-state index is -0.305. The maximum atomic E-state index is 12.6. The van der Waals surface area contributed by atoms with E-state index in [0.717, 1.165) is 16.8 Å². The zero-order valence-electron chi connectivity index (χ0n) is 15.0. The van der Waals surface area contributed by atoms with Crippen LogP contribution in [0.25, 0.3) is 5.69 Å². The second-order valence-corrected chi connectivity index (χ2v) is 6.43. The average Bonchev–Trinajstić information content (AvgIpc) is 2.99. The predicted molar refractivity (Wildman–Crippen MR) is 102 cm³/mol. The van der Waals surface area contributed by atoms with Crippen molar-refractivity contribution in [2.75, 3.05) is 12.4 Å². The smallest absolute Gasteiger partial charge is 0.278 e. The Bertz CT molecular complexity index is 982. The van der Waals surface area contributed by atoms with Crippen LogP contribution < -0.4 is 10.1 Å². The number of hydrogen-bond acceptors (Lipinski definition) is 4. The summed E-state index contributed by atoms with van der Waals surface area (Å²) in [6.07, 6.45) is 0. The topological polar surface area (TPSA) is 69.0 Å². The van der Waals surface area contributed by atoms with Crippen LogP contribution in [-0.4, -0.2) is 28.0 Å². The lowest BCUT2D eigenvalue weighted by molar-refractivity contribution is 0.102. The van der Waals surface area contributed by atoms with Crippen molar-refractivity contribution < 1.29 is 9.53 Å². The number of methoxy groups -OCH3 is 1. The van der Waals surface area contributed by atoms with Gasteiger partial charge in [0.1, 0.15) is 5.75 Å². The molecule has 0 aliphatic carbocycles. The molecule has 3 rings (SSSR count). The van der Waals surface area contributed by atoms with E-state index in [2.05, 4.69) is 15.6 Å². The largest absolute Gasteiger partial charge is 0.495 e. The number of hydrogen-bond donors (Lipinski definition) is 1. The number of amides is 1. The van der Waals surface area contributed by atoms with Gasteiger partial charge in [-0.1, -0.05) is 34.5 Å². The molecule has 1 N–H and O–H groups in total. The van der Waals surface area contributed by atoms with Gasteiger partial charge in [-0.2, -0.15) is 0 Å². The van der Waals surface area contributed by atoms with Gasteiger partial charge in [0.25, 0.3) is 5.91 Å². The van der Waals surface area contributed by atoms with Gasteiger partial charge in [0.2, 0.25) is 0 Å². The van der Waals surface area contributed by atoms with Crippen molar-refractivity contribution in [2.24, 2.45) is 0 Å². The third-order valence-electron chi connectivity index (χ3n) is 4.12. The van der Waals surface area contributed by atoms with Crippen molar-refractivity contribution in [1.82, 2.24) is 15.0 Å². The molecule has 0 saturated carbocycles. The highest BCUT2D eigenvalue weighted by atomic mass is 35.5. The Labute approximate surface area is 156 Å². The van der Waals surface area contributed by atoms with Crippen molar-refractivity contribution >= 4 is 23.2 Å².